The molecule has 0 bridgehead atoms. The number of thiophene rings is 1. The molecule has 2 rings (SSSR count). The van der Waals surface area contributed by atoms with E-state index < -0.39 is 0 Å². The van der Waals surface area contributed by atoms with Crippen molar-refractivity contribution < 1.29 is 14.3 Å². The fraction of sp³-hybridized carbons (Fsp3) is 0.267. The van der Waals surface area contributed by atoms with E-state index in [4.69, 9.17) is 9.52 Å². The molecule has 0 aromatic carbocycles. The maximum atomic E-state index is 12.3. The van der Waals surface area contributed by atoms with E-state index in [0.29, 0.717) is 12.1 Å². The van der Waals surface area contributed by atoms with E-state index in [2.05, 4.69) is 11.8 Å². The van der Waals surface area contributed by atoms with E-state index in [9.17, 15) is 4.79 Å². The zero-order valence-corrected chi connectivity index (χ0v) is 12.2. The van der Waals surface area contributed by atoms with Crippen LogP contribution in [0.5, 0.6) is 0 Å². The molecule has 0 saturated heterocycles. The lowest BCUT2D eigenvalue weighted by Gasteiger charge is -2.15. The van der Waals surface area contributed by atoms with E-state index in [0.717, 1.165) is 16.2 Å². The summed E-state index contributed by atoms with van der Waals surface area (Å²) in [5.74, 6) is 6.13. The van der Waals surface area contributed by atoms with E-state index in [-0.39, 0.29) is 12.5 Å². The summed E-state index contributed by atoms with van der Waals surface area (Å²) < 4.78 is 5.22. The van der Waals surface area contributed by atoms with Crippen LogP contribution in [0.1, 0.15) is 26.6 Å². The minimum atomic E-state index is -0.180. The summed E-state index contributed by atoms with van der Waals surface area (Å²) in [6, 6.07) is 3.61. The van der Waals surface area contributed by atoms with Crippen LogP contribution in [0.15, 0.2) is 28.2 Å². The highest BCUT2D eigenvalue weighted by Gasteiger charge is 2.15. The highest BCUT2D eigenvalue weighted by molar-refractivity contribution is 7.10. The first kappa shape index (κ1) is 14.4. The average molecular weight is 289 g/mol. The van der Waals surface area contributed by atoms with Crippen molar-refractivity contribution >= 4 is 17.2 Å². The number of hydrogen-bond acceptors (Lipinski definition) is 4. The lowest BCUT2D eigenvalue weighted by Crippen LogP contribution is -2.25. The summed E-state index contributed by atoms with van der Waals surface area (Å²) in [5, 5.41) is 10.4. The second-order valence-corrected chi connectivity index (χ2v) is 5.23. The lowest BCUT2D eigenvalue weighted by molar-refractivity contribution is 0.0785. The maximum absolute atomic E-state index is 12.3. The zero-order valence-electron chi connectivity index (χ0n) is 11.3. The molecule has 0 unspecified atom stereocenters. The summed E-state index contributed by atoms with van der Waals surface area (Å²) in [4.78, 5) is 14.7. The van der Waals surface area contributed by atoms with Gasteiger partial charge in [-0.05, 0) is 19.1 Å². The molecule has 0 aliphatic carbocycles. The lowest BCUT2D eigenvalue weighted by atomic mass is 10.2. The van der Waals surface area contributed by atoms with Crippen LogP contribution in [-0.2, 0) is 6.54 Å². The van der Waals surface area contributed by atoms with Gasteiger partial charge in [0.1, 0.15) is 12.4 Å². The molecule has 1 N–H and O–H groups in total. The smallest absolute Gasteiger partial charge is 0.254 e. The number of amides is 1. The number of aliphatic hydroxyl groups excluding tert-OH is 1. The van der Waals surface area contributed by atoms with Crippen LogP contribution >= 0.6 is 11.3 Å². The van der Waals surface area contributed by atoms with Gasteiger partial charge in [-0.1, -0.05) is 11.8 Å². The molecular formula is C15H15NO3S. The van der Waals surface area contributed by atoms with Gasteiger partial charge in [-0.3, -0.25) is 4.79 Å². The largest absolute Gasteiger partial charge is 0.469 e. The third-order valence-corrected chi connectivity index (χ3v) is 3.70. The highest BCUT2D eigenvalue weighted by atomic mass is 32.1. The van der Waals surface area contributed by atoms with Crippen molar-refractivity contribution in [1.82, 2.24) is 4.90 Å². The highest BCUT2D eigenvalue weighted by Crippen LogP contribution is 2.17. The quantitative estimate of drug-likeness (QED) is 0.882. The molecule has 5 heteroatoms. The number of carbonyl (C=O) groups excluding carboxylic acids is 1. The van der Waals surface area contributed by atoms with E-state index in [1.807, 2.05) is 13.0 Å². The van der Waals surface area contributed by atoms with Crippen LogP contribution in [0.3, 0.4) is 0 Å². The molecule has 2 aromatic heterocycles. The number of hydrogen-bond donors (Lipinski definition) is 1. The Hall–Kier alpha value is -2.03. The van der Waals surface area contributed by atoms with Gasteiger partial charge < -0.3 is 14.4 Å². The number of aryl methyl sites for hydroxylation is 1. The number of rotatable bonds is 3. The molecule has 104 valence electrons. The second kappa shape index (κ2) is 6.42. The van der Waals surface area contributed by atoms with Crippen LogP contribution in [0.4, 0.5) is 0 Å². The predicted molar refractivity (Wildman–Crippen MR) is 77.5 cm³/mol. The fourth-order valence-corrected chi connectivity index (χ4v) is 2.51. The molecule has 4 nitrogen and oxygen atoms in total. The van der Waals surface area contributed by atoms with Crippen LogP contribution < -0.4 is 0 Å². The summed E-state index contributed by atoms with van der Waals surface area (Å²) >= 11 is 1.40. The normalized spacial score (nSPS) is 9.95. The Balaban J connectivity index is 2.07. The molecule has 2 aromatic rings. The summed E-state index contributed by atoms with van der Waals surface area (Å²) in [6.07, 6.45) is 1.62. The molecular weight excluding hydrogens is 274 g/mol. The monoisotopic (exact) mass is 289 g/mol. The van der Waals surface area contributed by atoms with Gasteiger partial charge in [0, 0.05) is 24.5 Å². The molecule has 0 radical (unpaired) electrons. The van der Waals surface area contributed by atoms with Gasteiger partial charge in [0.05, 0.1) is 16.7 Å². The van der Waals surface area contributed by atoms with Gasteiger partial charge in [0.25, 0.3) is 5.91 Å². The van der Waals surface area contributed by atoms with Gasteiger partial charge in [0.2, 0.25) is 0 Å². The molecule has 0 atom stereocenters. The molecule has 20 heavy (non-hydrogen) atoms. The Labute approximate surface area is 121 Å². The average Bonchev–Trinajstić information content (AvgIpc) is 3.05. The fourth-order valence-electron chi connectivity index (χ4n) is 1.76. The first-order valence-electron chi connectivity index (χ1n) is 6.08. The van der Waals surface area contributed by atoms with E-state index in [1.165, 1.54) is 11.3 Å². The number of carbonyl (C=O) groups is 1. The zero-order chi connectivity index (χ0) is 14.5. The van der Waals surface area contributed by atoms with Crippen molar-refractivity contribution in [2.45, 2.75) is 13.5 Å². The van der Waals surface area contributed by atoms with Gasteiger partial charge in [0.15, 0.2) is 0 Å². The maximum Gasteiger partial charge on any atom is 0.254 e. The second-order valence-electron chi connectivity index (χ2n) is 4.32. The van der Waals surface area contributed by atoms with Crippen LogP contribution in [0, 0.1) is 18.8 Å². The van der Waals surface area contributed by atoms with E-state index in [1.54, 1.807) is 29.7 Å². The van der Waals surface area contributed by atoms with Crippen molar-refractivity contribution in [3.05, 3.63) is 45.5 Å². The van der Waals surface area contributed by atoms with Gasteiger partial charge in [-0.2, -0.15) is 0 Å². The molecule has 0 fully saturated rings. The number of aliphatic hydroxyl groups is 1. The molecule has 0 aliphatic heterocycles. The Kier molecular flexibility index (Phi) is 4.61. The minimum Gasteiger partial charge on any atom is -0.469 e. The Morgan fingerprint density at radius 2 is 2.35 bits per heavy atom. The van der Waals surface area contributed by atoms with Crippen molar-refractivity contribution in [3.8, 4) is 11.8 Å². The third-order valence-electron chi connectivity index (χ3n) is 2.86. The van der Waals surface area contributed by atoms with Crippen molar-refractivity contribution in [1.29, 1.82) is 0 Å². The number of furan rings is 1. The van der Waals surface area contributed by atoms with Gasteiger partial charge in [-0.15, -0.1) is 11.3 Å². The summed E-state index contributed by atoms with van der Waals surface area (Å²) in [5.41, 5.74) is 1.61. The molecule has 0 spiro atoms. The predicted octanol–water partition coefficient (Wildman–Crippen LogP) is 2.27. The minimum absolute atomic E-state index is 0.0566. The first-order valence-corrected chi connectivity index (χ1v) is 6.96. The van der Waals surface area contributed by atoms with Crippen LogP contribution in [0.25, 0.3) is 0 Å². The van der Waals surface area contributed by atoms with E-state index >= 15 is 0 Å². The molecule has 1 amide bonds. The SMILES string of the molecule is Cc1occc1CN(C)C(=O)c1csc(C#CCO)c1. The van der Waals surface area contributed by atoms with Crippen molar-refractivity contribution in [2.75, 3.05) is 13.7 Å². The van der Waals surface area contributed by atoms with Gasteiger partial charge >= 0.3 is 0 Å². The van der Waals surface area contributed by atoms with Crippen LogP contribution in [0.2, 0.25) is 0 Å². The van der Waals surface area contributed by atoms with Crippen molar-refractivity contribution in [2.24, 2.45) is 0 Å². The Morgan fingerprint density at radius 3 is 3.00 bits per heavy atom. The first-order chi connectivity index (χ1) is 9.61. The van der Waals surface area contributed by atoms with Gasteiger partial charge in [-0.25, -0.2) is 0 Å². The van der Waals surface area contributed by atoms with Crippen LogP contribution in [-0.4, -0.2) is 29.6 Å². The standard InChI is InChI=1S/C15H15NO3S/c1-11-12(5-7-19-11)9-16(2)15(18)13-8-14(20-10-13)4-3-6-17/h5,7-8,10,17H,6,9H2,1-2H3. The Bertz CT molecular complexity index is 660. The molecule has 2 heterocycles. The molecule has 0 saturated carbocycles. The third kappa shape index (κ3) is 3.29. The van der Waals surface area contributed by atoms with Crippen molar-refractivity contribution in [3.63, 3.8) is 0 Å². The Morgan fingerprint density at radius 1 is 1.55 bits per heavy atom. The molecule has 0 aliphatic rings. The number of nitrogens with zero attached hydrogens (tertiary/aromatic N) is 1. The summed E-state index contributed by atoms with van der Waals surface area (Å²) in [6.45, 7) is 2.20. The topological polar surface area (TPSA) is 53.7 Å². The summed E-state index contributed by atoms with van der Waals surface area (Å²) in [7, 11) is 1.76.